The van der Waals surface area contributed by atoms with Crippen molar-refractivity contribution in [3.8, 4) is 12.3 Å². The molecule has 5 heteroatoms. The van der Waals surface area contributed by atoms with Crippen molar-refractivity contribution in [2.24, 2.45) is 0 Å². The van der Waals surface area contributed by atoms with Crippen LogP contribution in [0.2, 0.25) is 0 Å². The lowest BCUT2D eigenvalue weighted by atomic mass is 9.91. The first kappa shape index (κ1) is 15.4. The van der Waals surface area contributed by atoms with E-state index in [0.717, 1.165) is 6.42 Å². The Balaban J connectivity index is 3.04. The molecule has 0 unspecified atom stereocenters. The van der Waals surface area contributed by atoms with Crippen LogP contribution in [0.5, 0.6) is 0 Å². The lowest BCUT2D eigenvalue weighted by Gasteiger charge is -2.49. The zero-order valence-corrected chi connectivity index (χ0v) is 12.2. The Kier molecular flexibility index (Phi) is 3.85. The van der Waals surface area contributed by atoms with E-state index in [4.69, 9.17) is 6.42 Å². The molecular weight excluding hydrogens is 244 g/mol. The van der Waals surface area contributed by atoms with E-state index in [0.29, 0.717) is 6.54 Å². The summed E-state index contributed by atoms with van der Waals surface area (Å²) in [6, 6.07) is -0.206. The van der Waals surface area contributed by atoms with E-state index in [9.17, 15) is 14.7 Å². The average molecular weight is 266 g/mol. The monoisotopic (exact) mass is 266 g/mol. The lowest BCUT2D eigenvalue weighted by Crippen LogP contribution is -2.66. The van der Waals surface area contributed by atoms with Gasteiger partial charge in [-0.1, -0.05) is 5.92 Å². The Hall–Kier alpha value is -1.70. The molecule has 0 aromatic carbocycles. The predicted molar refractivity (Wildman–Crippen MR) is 72.6 cm³/mol. The van der Waals surface area contributed by atoms with Crippen molar-refractivity contribution in [3.05, 3.63) is 0 Å². The fourth-order valence-corrected chi connectivity index (χ4v) is 2.62. The molecule has 2 amide bonds. The van der Waals surface area contributed by atoms with Crippen molar-refractivity contribution < 1.29 is 14.7 Å². The van der Waals surface area contributed by atoms with Crippen LogP contribution < -0.4 is 0 Å². The van der Waals surface area contributed by atoms with Crippen LogP contribution in [0, 0.1) is 12.3 Å². The molecular formula is C14H22N2O3. The van der Waals surface area contributed by atoms with Gasteiger partial charge in [-0.2, -0.15) is 0 Å². The summed E-state index contributed by atoms with van der Waals surface area (Å²) in [5.41, 5.74) is -1.80. The number of carboxylic acid groups (broad SMARTS) is 1. The van der Waals surface area contributed by atoms with Crippen LogP contribution in [-0.2, 0) is 4.79 Å². The van der Waals surface area contributed by atoms with Crippen molar-refractivity contribution >= 4 is 12.0 Å². The first-order valence-corrected chi connectivity index (χ1v) is 6.34. The van der Waals surface area contributed by atoms with E-state index in [1.165, 1.54) is 4.90 Å². The minimum absolute atomic E-state index is 0.206. The van der Waals surface area contributed by atoms with Gasteiger partial charge in [0.15, 0.2) is 0 Å². The van der Waals surface area contributed by atoms with E-state index in [1.807, 2.05) is 0 Å². The fourth-order valence-electron chi connectivity index (χ4n) is 2.62. The number of likely N-dealkylation sites (tertiary alicyclic amines) is 1. The summed E-state index contributed by atoms with van der Waals surface area (Å²) in [4.78, 5) is 26.8. The third kappa shape index (κ3) is 2.67. The first-order valence-electron chi connectivity index (χ1n) is 6.34. The van der Waals surface area contributed by atoms with E-state index >= 15 is 0 Å². The standard InChI is InChI=1S/C14H22N2O3/c1-7-10-8-9-15(10)11(17)14(5,6)16(12(18)19)13(2,3)4/h1,10H,8-9H2,2-6H3,(H,18,19)/t10-/m1/s1. The quantitative estimate of drug-likeness (QED) is 0.775. The predicted octanol–water partition coefficient (Wildman–Crippen LogP) is 1.78. The maximum absolute atomic E-state index is 12.5. The Labute approximate surface area is 114 Å². The highest BCUT2D eigenvalue weighted by atomic mass is 16.4. The summed E-state index contributed by atoms with van der Waals surface area (Å²) in [5.74, 6) is 2.31. The van der Waals surface area contributed by atoms with Crippen LogP contribution in [0.4, 0.5) is 4.79 Å². The van der Waals surface area contributed by atoms with Gasteiger partial charge in [0, 0.05) is 12.1 Å². The van der Waals surface area contributed by atoms with Crippen LogP contribution in [0.3, 0.4) is 0 Å². The van der Waals surface area contributed by atoms with Gasteiger partial charge < -0.3 is 10.0 Å². The molecule has 0 aromatic heterocycles. The molecule has 19 heavy (non-hydrogen) atoms. The summed E-state index contributed by atoms with van der Waals surface area (Å²) in [5, 5.41) is 9.40. The van der Waals surface area contributed by atoms with E-state index in [-0.39, 0.29) is 11.9 Å². The molecule has 0 radical (unpaired) electrons. The third-order valence-corrected chi connectivity index (χ3v) is 3.42. The number of carbonyl (C=O) groups excluding carboxylic acids is 1. The topological polar surface area (TPSA) is 60.9 Å². The van der Waals surface area contributed by atoms with Gasteiger partial charge in [-0.05, 0) is 41.0 Å². The maximum Gasteiger partial charge on any atom is 0.408 e. The highest BCUT2D eigenvalue weighted by Crippen LogP contribution is 2.30. The van der Waals surface area contributed by atoms with E-state index in [1.54, 1.807) is 39.5 Å². The summed E-state index contributed by atoms with van der Waals surface area (Å²) in [6.45, 7) is 9.15. The van der Waals surface area contributed by atoms with Crippen molar-refractivity contribution in [3.63, 3.8) is 0 Å². The molecule has 1 saturated heterocycles. The molecule has 0 aliphatic carbocycles. The molecule has 0 aromatic rings. The zero-order chi connectivity index (χ0) is 15.0. The van der Waals surface area contributed by atoms with Crippen LogP contribution in [0.15, 0.2) is 0 Å². The summed E-state index contributed by atoms with van der Waals surface area (Å²) in [7, 11) is 0. The van der Waals surface area contributed by atoms with Crippen LogP contribution in [0.25, 0.3) is 0 Å². The summed E-state index contributed by atoms with van der Waals surface area (Å²) in [6.07, 6.45) is 5.02. The number of hydrogen-bond donors (Lipinski definition) is 1. The summed E-state index contributed by atoms with van der Waals surface area (Å²) < 4.78 is 0. The van der Waals surface area contributed by atoms with Gasteiger partial charge in [-0.25, -0.2) is 4.79 Å². The van der Waals surface area contributed by atoms with Crippen LogP contribution >= 0.6 is 0 Å². The van der Waals surface area contributed by atoms with Gasteiger partial charge in [0.2, 0.25) is 5.91 Å². The number of terminal acetylenes is 1. The van der Waals surface area contributed by atoms with Gasteiger partial charge in [-0.15, -0.1) is 6.42 Å². The lowest BCUT2D eigenvalue weighted by molar-refractivity contribution is -0.150. The van der Waals surface area contributed by atoms with Crippen molar-refractivity contribution in [1.29, 1.82) is 0 Å². The molecule has 106 valence electrons. The minimum atomic E-state index is -1.14. The molecule has 1 N–H and O–H groups in total. The van der Waals surface area contributed by atoms with Crippen molar-refractivity contribution in [2.45, 2.75) is 58.2 Å². The number of amides is 2. The second-order valence-electron chi connectivity index (χ2n) is 6.32. The Morgan fingerprint density at radius 2 is 1.84 bits per heavy atom. The van der Waals surface area contributed by atoms with Crippen molar-refractivity contribution in [2.75, 3.05) is 6.54 Å². The number of carbonyl (C=O) groups is 2. The number of hydrogen-bond acceptors (Lipinski definition) is 2. The SMILES string of the molecule is C#C[C@@H]1CCN1C(=O)C(C)(C)N(C(=O)O)C(C)(C)C. The molecule has 0 spiro atoms. The second-order valence-corrected chi connectivity index (χ2v) is 6.32. The molecule has 5 nitrogen and oxygen atoms in total. The summed E-state index contributed by atoms with van der Waals surface area (Å²) >= 11 is 0. The van der Waals surface area contributed by atoms with Gasteiger partial charge in [0.05, 0.1) is 6.04 Å². The highest BCUT2D eigenvalue weighted by molar-refractivity contribution is 5.90. The molecule has 1 aliphatic rings. The van der Waals surface area contributed by atoms with Gasteiger partial charge in [0.25, 0.3) is 0 Å². The molecule has 0 bridgehead atoms. The van der Waals surface area contributed by atoms with E-state index in [2.05, 4.69) is 5.92 Å². The molecule has 0 saturated carbocycles. The normalized spacial score (nSPS) is 19.4. The zero-order valence-electron chi connectivity index (χ0n) is 12.2. The number of nitrogens with zero attached hydrogens (tertiary/aromatic N) is 2. The largest absolute Gasteiger partial charge is 0.465 e. The van der Waals surface area contributed by atoms with E-state index < -0.39 is 17.2 Å². The second kappa shape index (κ2) is 4.76. The molecule has 1 fully saturated rings. The molecule has 1 rings (SSSR count). The van der Waals surface area contributed by atoms with Gasteiger partial charge in [0.1, 0.15) is 5.54 Å². The Morgan fingerprint density at radius 1 is 1.32 bits per heavy atom. The molecule has 1 heterocycles. The fraction of sp³-hybridized carbons (Fsp3) is 0.714. The van der Waals surface area contributed by atoms with Crippen molar-refractivity contribution in [1.82, 2.24) is 9.80 Å². The maximum atomic E-state index is 12.5. The third-order valence-electron chi connectivity index (χ3n) is 3.42. The minimum Gasteiger partial charge on any atom is -0.465 e. The highest BCUT2D eigenvalue weighted by Gasteiger charge is 2.48. The van der Waals surface area contributed by atoms with Gasteiger partial charge in [-0.3, -0.25) is 9.69 Å². The Morgan fingerprint density at radius 3 is 2.11 bits per heavy atom. The smallest absolute Gasteiger partial charge is 0.408 e. The van der Waals surface area contributed by atoms with Gasteiger partial charge >= 0.3 is 6.09 Å². The number of rotatable bonds is 2. The Bertz CT molecular complexity index is 429. The molecule has 1 aliphatic heterocycles. The average Bonchev–Trinajstić information content (AvgIpc) is 2.12. The first-order chi connectivity index (χ1) is 8.53. The van der Waals surface area contributed by atoms with Crippen LogP contribution in [-0.4, -0.2) is 50.6 Å². The molecule has 1 atom stereocenters. The van der Waals surface area contributed by atoms with Crippen LogP contribution in [0.1, 0.15) is 41.0 Å².